The molecule has 0 atom stereocenters. The van der Waals surface area contributed by atoms with Crippen molar-refractivity contribution in [3.63, 3.8) is 0 Å². The van der Waals surface area contributed by atoms with Crippen LogP contribution in [0.5, 0.6) is 5.75 Å². The fourth-order valence-electron chi connectivity index (χ4n) is 3.91. The van der Waals surface area contributed by atoms with Crippen LogP contribution in [-0.4, -0.2) is 45.6 Å². The number of anilines is 1. The summed E-state index contributed by atoms with van der Waals surface area (Å²) < 4.78 is 13.0. The molecule has 0 aliphatic heterocycles. The first kappa shape index (κ1) is 29.9. The van der Waals surface area contributed by atoms with Gasteiger partial charge in [-0.1, -0.05) is 65.3 Å². The van der Waals surface area contributed by atoms with Crippen molar-refractivity contribution in [2.75, 3.05) is 24.3 Å². The van der Waals surface area contributed by atoms with E-state index in [9.17, 15) is 9.59 Å². The van der Waals surface area contributed by atoms with Gasteiger partial charge < -0.3 is 19.4 Å². The van der Waals surface area contributed by atoms with Gasteiger partial charge in [0.25, 0.3) is 0 Å². The summed E-state index contributed by atoms with van der Waals surface area (Å²) in [5, 5.41) is 15.5. The van der Waals surface area contributed by atoms with Crippen LogP contribution in [0.3, 0.4) is 0 Å². The van der Waals surface area contributed by atoms with Crippen LogP contribution in [0.4, 0.5) is 5.00 Å². The zero-order valence-corrected chi connectivity index (χ0v) is 25.1. The number of aryl methyl sites for hydroxylation is 1. The van der Waals surface area contributed by atoms with E-state index in [4.69, 9.17) is 32.7 Å². The van der Waals surface area contributed by atoms with E-state index in [1.54, 1.807) is 25.1 Å². The van der Waals surface area contributed by atoms with Gasteiger partial charge in [0.15, 0.2) is 5.16 Å². The molecule has 12 heteroatoms. The van der Waals surface area contributed by atoms with E-state index in [0.29, 0.717) is 57.5 Å². The second kappa shape index (κ2) is 14.5. The fourth-order valence-corrected chi connectivity index (χ4v) is 6.17. The Bertz CT molecular complexity index is 1460. The smallest absolute Gasteiger partial charge is 0.341 e. The van der Waals surface area contributed by atoms with Gasteiger partial charge in [0, 0.05) is 28.9 Å². The second-order valence-electron chi connectivity index (χ2n) is 8.45. The number of ether oxygens (including phenoxy) is 2. The lowest BCUT2D eigenvalue weighted by atomic mass is 10.0. The highest BCUT2D eigenvalue weighted by Gasteiger charge is 2.23. The Balaban J connectivity index is 1.35. The summed E-state index contributed by atoms with van der Waals surface area (Å²) in [6.07, 6.45) is 1.36. The van der Waals surface area contributed by atoms with Gasteiger partial charge in [0.2, 0.25) is 5.91 Å². The van der Waals surface area contributed by atoms with Crippen molar-refractivity contribution in [2.45, 2.75) is 38.4 Å². The third-order valence-electron chi connectivity index (χ3n) is 5.75. The maximum Gasteiger partial charge on any atom is 0.341 e. The summed E-state index contributed by atoms with van der Waals surface area (Å²) in [6.45, 7) is 5.11. The molecule has 40 heavy (non-hydrogen) atoms. The lowest BCUT2D eigenvalue weighted by Gasteiger charge is -2.10. The molecular formula is C28H28Cl2N4O4S2. The summed E-state index contributed by atoms with van der Waals surface area (Å²) in [4.78, 5) is 25.7. The number of benzene rings is 2. The Morgan fingerprint density at radius 3 is 2.62 bits per heavy atom. The molecule has 0 bridgehead atoms. The number of nitrogens with one attached hydrogen (secondary N) is 1. The molecule has 0 radical (unpaired) electrons. The Hall–Kier alpha value is -3.05. The Morgan fingerprint density at radius 1 is 1.10 bits per heavy atom. The number of hydrogen-bond donors (Lipinski definition) is 1. The monoisotopic (exact) mass is 618 g/mol. The van der Waals surface area contributed by atoms with E-state index in [1.165, 1.54) is 23.1 Å². The van der Waals surface area contributed by atoms with Crippen LogP contribution in [0.15, 0.2) is 59.1 Å². The van der Waals surface area contributed by atoms with Crippen molar-refractivity contribution in [3.8, 4) is 16.9 Å². The van der Waals surface area contributed by atoms with Gasteiger partial charge >= 0.3 is 5.97 Å². The topological polar surface area (TPSA) is 95.3 Å². The van der Waals surface area contributed by atoms with Crippen molar-refractivity contribution < 1.29 is 19.1 Å². The van der Waals surface area contributed by atoms with E-state index >= 15 is 0 Å². The first-order valence-corrected chi connectivity index (χ1v) is 15.3. The van der Waals surface area contributed by atoms with Crippen LogP contribution in [0.1, 0.15) is 36.5 Å². The highest BCUT2D eigenvalue weighted by molar-refractivity contribution is 7.99. The number of thiophene rings is 1. The molecule has 8 nitrogen and oxygen atoms in total. The molecule has 0 aliphatic rings. The number of amides is 1. The molecule has 0 spiro atoms. The Kier molecular flexibility index (Phi) is 10.9. The fraction of sp³-hybridized carbons (Fsp3) is 0.286. The van der Waals surface area contributed by atoms with Gasteiger partial charge in [-0.25, -0.2) is 4.79 Å². The van der Waals surface area contributed by atoms with Crippen LogP contribution >= 0.6 is 46.3 Å². The maximum absolute atomic E-state index is 12.9. The third kappa shape index (κ3) is 7.57. The molecule has 210 valence electrons. The molecule has 2 aromatic carbocycles. The van der Waals surface area contributed by atoms with Crippen molar-refractivity contribution in [2.24, 2.45) is 0 Å². The van der Waals surface area contributed by atoms with Gasteiger partial charge in [-0.3, -0.25) is 4.79 Å². The summed E-state index contributed by atoms with van der Waals surface area (Å²) in [6, 6.07) is 14.7. The standard InChI is InChI=1S/C28H28Cl2N4O4S2/c1-3-34-23(11-8-14-38-22-13-12-19(29)15-21(22)30)32-33-28(34)40-17-24(35)31-26-25(27(36)37-4-2)20(16-39-26)18-9-6-5-7-10-18/h5-7,9-10,12-13,15-16H,3-4,8,11,14,17H2,1-2H3,(H,31,35). The number of aromatic nitrogens is 3. The molecular weight excluding hydrogens is 591 g/mol. The number of halogens is 2. The number of rotatable bonds is 13. The minimum Gasteiger partial charge on any atom is -0.492 e. The average Bonchev–Trinajstić information content (AvgIpc) is 3.55. The summed E-state index contributed by atoms with van der Waals surface area (Å²) >= 11 is 14.7. The minimum absolute atomic E-state index is 0.108. The van der Waals surface area contributed by atoms with Gasteiger partial charge in [0.05, 0.1) is 24.0 Å². The summed E-state index contributed by atoms with van der Waals surface area (Å²) in [5.74, 6) is 0.780. The first-order chi connectivity index (χ1) is 19.4. The van der Waals surface area contributed by atoms with Crippen molar-refractivity contribution in [1.29, 1.82) is 0 Å². The van der Waals surface area contributed by atoms with Gasteiger partial charge in [-0.05, 0) is 44.0 Å². The molecule has 2 heterocycles. The van der Waals surface area contributed by atoms with Gasteiger partial charge in [-0.2, -0.15) is 0 Å². The van der Waals surface area contributed by atoms with E-state index in [1.807, 2.05) is 47.2 Å². The number of carbonyl (C=O) groups is 2. The van der Waals surface area contributed by atoms with E-state index in [2.05, 4.69) is 15.5 Å². The number of nitrogens with zero attached hydrogens (tertiary/aromatic N) is 3. The lowest BCUT2D eigenvalue weighted by molar-refractivity contribution is -0.113. The second-order valence-corrected chi connectivity index (χ2v) is 11.1. The molecule has 0 unspecified atom stereocenters. The van der Waals surface area contributed by atoms with E-state index in [-0.39, 0.29) is 18.3 Å². The molecule has 0 aliphatic carbocycles. The lowest BCUT2D eigenvalue weighted by Crippen LogP contribution is -2.17. The highest BCUT2D eigenvalue weighted by Crippen LogP contribution is 2.36. The zero-order chi connectivity index (χ0) is 28.5. The van der Waals surface area contributed by atoms with Crippen molar-refractivity contribution in [3.05, 3.63) is 75.3 Å². The maximum atomic E-state index is 12.9. The molecule has 1 amide bonds. The minimum atomic E-state index is -0.469. The van der Waals surface area contributed by atoms with Crippen LogP contribution in [0, 0.1) is 0 Å². The predicted octanol–water partition coefficient (Wildman–Crippen LogP) is 7.25. The molecule has 0 saturated heterocycles. The molecule has 0 fully saturated rings. The SMILES string of the molecule is CCOC(=O)c1c(-c2ccccc2)csc1NC(=O)CSc1nnc(CCCOc2ccc(Cl)cc2Cl)n1CC. The molecule has 2 aromatic heterocycles. The quantitative estimate of drug-likeness (QED) is 0.0957. The van der Waals surface area contributed by atoms with Crippen LogP contribution in [-0.2, 0) is 22.5 Å². The zero-order valence-electron chi connectivity index (χ0n) is 22.0. The normalized spacial score (nSPS) is 10.9. The number of thioether (sulfide) groups is 1. The number of carbonyl (C=O) groups excluding carboxylic acids is 2. The van der Waals surface area contributed by atoms with Crippen LogP contribution < -0.4 is 10.1 Å². The van der Waals surface area contributed by atoms with Crippen molar-refractivity contribution >= 4 is 63.2 Å². The highest BCUT2D eigenvalue weighted by atomic mass is 35.5. The first-order valence-electron chi connectivity index (χ1n) is 12.7. The molecule has 1 N–H and O–H groups in total. The van der Waals surface area contributed by atoms with Crippen LogP contribution in [0.25, 0.3) is 11.1 Å². The summed E-state index contributed by atoms with van der Waals surface area (Å²) in [5.41, 5.74) is 1.96. The number of esters is 1. The summed E-state index contributed by atoms with van der Waals surface area (Å²) in [7, 11) is 0. The van der Waals surface area contributed by atoms with Gasteiger partial charge in [0.1, 0.15) is 22.1 Å². The van der Waals surface area contributed by atoms with Crippen molar-refractivity contribution in [1.82, 2.24) is 14.8 Å². The molecule has 4 rings (SSSR count). The molecule has 4 aromatic rings. The number of hydrogen-bond acceptors (Lipinski definition) is 8. The molecule has 0 saturated carbocycles. The van der Waals surface area contributed by atoms with E-state index < -0.39 is 5.97 Å². The third-order valence-corrected chi connectivity index (χ3v) is 8.14. The largest absolute Gasteiger partial charge is 0.492 e. The van der Waals surface area contributed by atoms with Gasteiger partial charge in [-0.15, -0.1) is 21.5 Å². The average molecular weight is 620 g/mol. The predicted molar refractivity (Wildman–Crippen MR) is 161 cm³/mol. The van der Waals surface area contributed by atoms with E-state index in [0.717, 1.165) is 17.0 Å². The van der Waals surface area contributed by atoms with Crippen LogP contribution in [0.2, 0.25) is 10.0 Å². The Morgan fingerprint density at radius 2 is 1.90 bits per heavy atom. The Labute approximate surface area is 251 Å².